The predicted molar refractivity (Wildman–Crippen MR) is 68.0 cm³/mol. The van der Waals surface area contributed by atoms with E-state index in [-0.39, 0.29) is 12.5 Å². The third-order valence-corrected chi connectivity index (χ3v) is 3.89. The van der Waals surface area contributed by atoms with Gasteiger partial charge < -0.3 is 10.2 Å². The Hall–Kier alpha value is -1.39. The zero-order valence-corrected chi connectivity index (χ0v) is 10.5. The summed E-state index contributed by atoms with van der Waals surface area (Å²) in [7, 11) is 0. The molecular formula is C14H19NO3. The summed E-state index contributed by atoms with van der Waals surface area (Å²) in [6, 6.07) is 9.98. The van der Waals surface area contributed by atoms with Gasteiger partial charge in [-0.1, -0.05) is 30.3 Å². The van der Waals surface area contributed by atoms with Gasteiger partial charge in [0.2, 0.25) is 0 Å². The van der Waals surface area contributed by atoms with E-state index in [9.17, 15) is 15.0 Å². The average Bonchev–Trinajstić information content (AvgIpc) is 2.68. The van der Waals surface area contributed by atoms with Gasteiger partial charge in [0.05, 0.1) is 5.41 Å². The molecule has 0 radical (unpaired) electrons. The van der Waals surface area contributed by atoms with Crippen molar-refractivity contribution in [2.24, 2.45) is 11.3 Å². The number of hydrogen-bond acceptors (Lipinski definition) is 3. The number of likely N-dealkylation sites (tertiary alicyclic amines) is 1. The number of carboxylic acids is 1. The van der Waals surface area contributed by atoms with Gasteiger partial charge in [-0.05, 0) is 12.5 Å². The molecule has 18 heavy (non-hydrogen) atoms. The molecule has 1 aliphatic heterocycles. The highest BCUT2D eigenvalue weighted by Gasteiger charge is 2.48. The van der Waals surface area contributed by atoms with Crippen molar-refractivity contribution in [3.05, 3.63) is 35.9 Å². The van der Waals surface area contributed by atoms with Gasteiger partial charge in [0.1, 0.15) is 0 Å². The van der Waals surface area contributed by atoms with Crippen LogP contribution in [-0.2, 0) is 11.3 Å². The Labute approximate surface area is 107 Å². The minimum Gasteiger partial charge on any atom is -0.481 e. The number of aliphatic carboxylic acids is 1. The first kappa shape index (κ1) is 13.1. The zero-order chi connectivity index (χ0) is 13.2. The van der Waals surface area contributed by atoms with Gasteiger partial charge >= 0.3 is 5.97 Å². The number of carboxylic acid groups (broad SMARTS) is 1. The predicted octanol–water partition coefficient (Wildman–Crippen LogP) is 1.20. The molecule has 0 spiro atoms. The Morgan fingerprint density at radius 3 is 2.61 bits per heavy atom. The van der Waals surface area contributed by atoms with Crippen molar-refractivity contribution in [3.8, 4) is 0 Å². The van der Waals surface area contributed by atoms with E-state index >= 15 is 0 Å². The summed E-state index contributed by atoms with van der Waals surface area (Å²) in [5.74, 6) is -1.02. The van der Waals surface area contributed by atoms with Crippen molar-refractivity contribution in [1.29, 1.82) is 0 Å². The Bertz CT molecular complexity index is 420. The number of aliphatic hydroxyl groups is 1. The van der Waals surface area contributed by atoms with E-state index in [0.717, 1.165) is 6.54 Å². The van der Waals surface area contributed by atoms with Gasteiger partial charge in [-0.3, -0.25) is 9.69 Å². The third kappa shape index (κ3) is 2.40. The van der Waals surface area contributed by atoms with E-state index in [0.29, 0.717) is 13.1 Å². The molecule has 1 aromatic rings. The van der Waals surface area contributed by atoms with Crippen molar-refractivity contribution >= 4 is 5.97 Å². The second-order valence-electron chi connectivity index (χ2n) is 5.26. The monoisotopic (exact) mass is 249 g/mol. The molecule has 0 aliphatic carbocycles. The Morgan fingerprint density at radius 1 is 1.44 bits per heavy atom. The largest absolute Gasteiger partial charge is 0.481 e. The standard InChI is InChI=1S/C14H19NO3/c1-14(13(17)18)10-15(8-12(14)9-16)7-11-5-3-2-4-6-11/h2-6,12,16H,7-10H2,1H3,(H,17,18)/t12-,14-/m0/s1. The molecule has 98 valence electrons. The minimum absolute atomic E-state index is 0.0753. The molecule has 1 aliphatic rings. The maximum atomic E-state index is 11.4. The summed E-state index contributed by atoms with van der Waals surface area (Å²) in [5.41, 5.74) is 0.326. The van der Waals surface area contributed by atoms with Crippen molar-refractivity contribution in [2.75, 3.05) is 19.7 Å². The van der Waals surface area contributed by atoms with Gasteiger partial charge in [0.25, 0.3) is 0 Å². The highest BCUT2D eigenvalue weighted by Crippen LogP contribution is 2.36. The number of rotatable bonds is 4. The van der Waals surface area contributed by atoms with Crippen LogP contribution in [0.4, 0.5) is 0 Å². The van der Waals surface area contributed by atoms with E-state index in [2.05, 4.69) is 4.90 Å². The van der Waals surface area contributed by atoms with Gasteiger partial charge in [-0.2, -0.15) is 0 Å². The molecule has 1 fully saturated rings. The van der Waals surface area contributed by atoms with E-state index in [1.54, 1.807) is 6.92 Å². The maximum absolute atomic E-state index is 11.4. The number of aliphatic hydroxyl groups excluding tert-OH is 1. The lowest BCUT2D eigenvalue weighted by atomic mass is 9.80. The first-order chi connectivity index (χ1) is 8.56. The smallest absolute Gasteiger partial charge is 0.311 e. The van der Waals surface area contributed by atoms with Crippen molar-refractivity contribution in [2.45, 2.75) is 13.5 Å². The summed E-state index contributed by atoms with van der Waals surface area (Å²) in [6.07, 6.45) is 0. The SMILES string of the molecule is C[C@]1(C(=O)O)CN(Cc2ccccc2)C[C@H]1CO. The van der Waals surface area contributed by atoms with Crippen molar-refractivity contribution < 1.29 is 15.0 Å². The van der Waals surface area contributed by atoms with Crippen LogP contribution in [0.3, 0.4) is 0 Å². The maximum Gasteiger partial charge on any atom is 0.311 e. The van der Waals surface area contributed by atoms with E-state index in [1.165, 1.54) is 5.56 Å². The van der Waals surface area contributed by atoms with E-state index in [1.807, 2.05) is 30.3 Å². The average molecular weight is 249 g/mol. The lowest BCUT2D eigenvalue weighted by Gasteiger charge is -2.24. The summed E-state index contributed by atoms with van der Waals surface area (Å²) < 4.78 is 0. The van der Waals surface area contributed by atoms with Crippen molar-refractivity contribution in [3.63, 3.8) is 0 Å². The van der Waals surface area contributed by atoms with E-state index in [4.69, 9.17) is 0 Å². The zero-order valence-electron chi connectivity index (χ0n) is 10.5. The van der Waals surface area contributed by atoms with Crippen LogP contribution in [0.25, 0.3) is 0 Å². The third-order valence-electron chi connectivity index (χ3n) is 3.89. The van der Waals surface area contributed by atoms with Gasteiger partial charge in [-0.15, -0.1) is 0 Å². The normalized spacial score (nSPS) is 28.4. The number of benzene rings is 1. The lowest BCUT2D eigenvalue weighted by molar-refractivity contribution is -0.150. The topological polar surface area (TPSA) is 60.8 Å². The lowest BCUT2D eigenvalue weighted by Crippen LogP contribution is -2.37. The van der Waals surface area contributed by atoms with Crippen LogP contribution in [0.1, 0.15) is 12.5 Å². The summed E-state index contributed by atoms with van der Waals surface area (Å²) >= 11 is 0. The molecule has 2 N–H and O–H groups in total. The fraction of sp³-hybridized carbons (Fsp3) is 0.500. The number of carbonyl (C=O) groups is 1. The molecule has 4 nitrogen and oxygen atoms in total. The highest BCUT2D eigenvalue weighted by atomic mass is 16.4. The molecule has 1 heterocycles. The molecule has 0 aromatic heterocycles. The molecule has 0 saturated carbocycles. The van der Waals surface area contributed by atoms with Crippen LogP contribution < -0.4 is 0 Å². The first-order valence-corrected chi connectivity index (χ1v) is 6.17. The molecular weight excluding hydrogens is 230 g/mol. The highest BCUT2D eigenvalue weighted by molar-refractivity contribution is 5.75. The van der Waals surface area contributed by atoms with E-state index < -0.39 is 11.4 Å². The summed E-state index contributed by atoms with van der Waals surface area (Å²) in [4.78, 5) is 13.5. The number of hydrogen-bond donors (Lipinski definition) is 2. The minimum atomic E-state index is -0.844. The quantitative estimate of drug-likeness (QED) is 0.842. The number of nitrogens with zero attached hydrogens (tertiary/aromatic N) is 1. The molecule has 2 rings (SSSR count). The van der Waals surface area contributed by atoms with Gasteiger partial charge in [0.15, 0.2) is 0 Å². The van der Waals surface area contributed by atoms with Crippen LogP contribution in [0.15, 0.2) is 30.3 Å². The second kappa shape index (κ2) is 5.08. The van der Waals surface area contributed by atoms with Crippen LogP contribution in [0, 0.1) is 11.3 Å². The second-order valence-corrected chi connectivity index (χ2v) is 5.26. The van der Waals surface area contributed by atoms with Gasteiger partial charge in [-0.25, -0.2) is 0 Å². The van der Waals surface area contributed by atoms with Crippen molar-refractivity contribution in [1.82, 2.24) is 4.90 Å². The molecule has 0 bridgehead atoms. The summed E-state index contributed by atoms with van der Waals surface area (Å²) in [5, 5.41) is 18.7. The Kier molecular flexibility index (Phi) is 3.68. The molecule has 1 aromatic carbocycles. The Balaban J connectivity index is 2.08. The fourth-order valence-corrected chi connectivity index (χ4v) is 2.63. The fourth-order valence-electron chi connectivity index (χ4n) is 2.63. The van der Waals surface area contributed by atoms with Gasteiger partial charge in [0, 0.05) is 32.2 Å². The summed E-state index contributed by atoms with van der Waals surface area (Å²) in [6.45, 7) is 3.51. The van der Waals surface area contributed by atoms with Crippen LogP contribution in [0.5, 0.6) is 0 Å². The molecule has 0 unspecified atom stereocenters. The van der Waals surface area contributed by atoms with Crippen LogP contribution in [0.2, 0.25) is 0 Å². The molecule has 0 amide bonds. The van der Waals surface area contributed by atoms with Crippen LogP contribution in [-0.4, -0.2) is 40.8 Å². The first-order valence-electron chi connectivity index (χ1n) is 6.17. The molecule has 2 atom stereocenters. The molecule has 1 saturated heterocycles. The van der Waals surface area contributed by atoms with Crippen LogP contribution >= 0.6 is 0 Å². The molecule has 4 heteroatoms. The Morgan fingerprint density at radius 2 is 2.11 bits per heavy atom.